The smallest absolute Gasteiger partial charge is 0.231 e. The van der Waals surface area contributed by atoms with E-state index in [2.05, 4.69) is 29.4 Å². The van der Waals surface area contributed by atoms with E-state index in [1.807, 2.05) is 0 Å². The number of carbonyl (C=O) groups is 2. The van der Waals surface area contributed by atoms with Crippen LogP contribution < -0.4 is 5.32 Å². The molecule has 1 saturated heterocycles. The first-order chi connectivity index (χ1) is 10.5. The molecule has 120 valence electrons. The van der Waals surface area contributed by atoms with Crippen LogP contribution in [0.2, 0.25) is 0 Å². The van der Waals surface area contributed by atoms with Crippen molar-refractivity contribution in [3.63, 3.8) is 0 Å². The second-order valence-corrected chi connectivity index (χ2v) is 7.64. The SMILES string of the molecule is CC(C)CCN1C[C@@H](C(=O)Nc2nnc(C3CC3)s2)CC1=O. The monoisotopic (exact) mass is 322 g/mol. The van der Waals surface area contributed by atoms with Gasteiger partial charge in [0.05, 0.1) is 5.92 Å². The summed E-state index contributed by atoms with van der Waals surface area (Å²) >= 11 is 1.45. The molecule has 1 aromatic heterocycles. The number of hydrogen-bond acceptors (Lipinski definition) is 5. The number of rotatable bonds is 6. The molecule has 1 aliphatic carbocycles. The summed E-state index contributed by atoms with van der Waals surface area (Å²) < 4.78 is 0. The molecule has 1 saturated carbocycles. The average molecular weight is 322 g/mol. The molecule has 22 heavy (non-hydrogen) atoms. The molecule has 1 N–H and O–H groups in total. The highest BCUT2D eigenvalue weighted by Crippen LogP contribution is 2.42. The molecule has 2 aliphatic rings. The van der Waals surface area contributed by atoms with Crippen molar-refractivity contribution in [3.05, 3.63) is 5.01 Å². The Morgan fingerprint density at radius 2 is 2.18 bits per heavy atom. The summed E-state index contributed by atoms with van der Waals surface area (Å²) in [6, 6.07) is 0. The Morgan fingerprint density at radius 3 is 2.86 bits per heavy atom. The van der Waals surface area contributed by atoms with Crippen LogP contribution in [0.1, 0.15) is 50.5 Å². The fraction of sp³-hybridized carbons (Fsp3) is 0.733. The molecule has 0 aromatic carbocycles. The second kappa shape index (κ2) is 6.32. The number of carbonyl (C=O) groups excluding carboxylic acids is 2. The van der Waals surface area contributed by atoms with Crippen LogP contribution in [0.4, 0.5) is 5.13 Å². The summed E-state index contributed by atoms with van der Waals surface area (Å²) in [5.41, 5.74) is 0. The first-order valence-electron chi connectivity index (χ1n) is 7.95. The molecule has 7 heteroatoms. The van der Waals surface area contributed by atoms with Gasteiger partial charge in [-0.25, -0.2) is 0 Å². The van der Waals surface area contributed by atoms with Gasteiger partial charge in [-0.2, -0.15) is 0 Å². The maximum atomic E-state index is 12.3. The van der Waals surface area contributed by atoms with E-state index >= 15 is 0 Å². The third-order valence-electron chi connectivity index (χ3n) is 4.16. The summed E-state index contributed by atoms with van der Waals surface area (Å²) in [5.74, 6) is 0.800. The Hall–Kier alpha value is -1.50. The van der Waals surface area contributed by atoms with Crippen molar-refractivity contribution in [3.8, 4) is 0 Å². The topological polar surface area (TPSA) is 75.2 Å². The quantitative estimate of drug-likeness (QED) is 0.871. The van der Waals surface area contributed by atoms with Crippen LogP contribution in [0.15, 0.2) is 0 Å². The number of aromatic nitrogens is 2. The number of likely N-dealkylation sites (tertiary alicyclic amines) is 1. The predicted molar refractivity (Wildman–Crippen MR) is 84.7 cm³/mol. The molecule has 1 aromatic rings. The molecule has 0 radical (unpaired) electrons. The lowest BCUT2D eigenvalue weighted by atomic mass is 10.1. The van der Waals surface area contributed by atoms with E-state index in [9.17, 15) is 9.59 Å². The lowest BCUT2D eigenvalue weighted by molar-refractivity contribution is -0.128. The van der Waals surface area contributed by atoms with Gasteiger partial charge in [0.15, 0.2) is 0 Å². The van der Waals surface area contributed by atoms with Gasteiger partial charge in [0, 0.05) is 25.4 Å². The molecule has 2 amide bonds. The number of amides is 2. The average Bonchev–Trinajstić information content (AvgIpc) is 3.10. The molecule has 3 rings (SSSR count). The number of nitrogens with zero attached hydrogens (tertiary/aromatic N) is 3. The molecule has 1 aliphatic heterocycles. The van der Waals surface area contributed by atoms with Gasteiger partial charge < -0.3 is 10.2 Å². The predicted octanol–water partition coefficient (Wildman–Crippen LogP) is 2.25. The lowest BCUT2D eigenvalue weighted by Gasteiger charge is -2.17. The maximum absolute atomic E-state index is 12.3. The molecule has 0 bridgehead atoms. The van der Waals surface area contributed by atoms with E-state index in [0.717, 1.165) is 18.0 Å². The normalized spacial score (nSPS) is 21.7. The molecular formula is C15H22N4O2S. The van der Waals surface area contributed by atoms with E-state index in [-0.39, 0.29) is 17.7 Å². The van der Waals surface area contributed by atoms with E-state index in [1.165, 1.54) is 24.2 Å². The van der Waals surface area contributed by atoms with Gasteiger partial charge in [-0.05, 0) is 25.2 Å². The van der Waals surface area contributed by atoms with Crippen molar-refractivity contribution in [2.24, 2.45) is 11.8 Å². The minimum atomic E-state index is -0.270. The molecule has 2 heterocycles. The van der Waals surface area contributed by atoms with Crippen LogP contribution in [-0.4, -0.2) is 40.0 Å². The van der Waals surface area contributed by atoms with Gasteiger partial charge >= 0.3 is 0 Å². The Bertz CT molecular complexity index is 568. The standard InChI is InChI=1S/C15H22N4O2S/c1-9(2)5-6-19-8-11(7-12(19)20)13(21)16-15-18-17-14(22-15)10-3-4-10/h9-11H,3-8H2,1-2H3,(H,16,18,21)/t11-/m0/s1. The maximum Gasteiger partial charge on any atom is 0.231 e. The first kappa shape index (κ1) is 15.4. The van der Waals surface area contributed by atoms with E-state index in [4.69, 9.17) is 0 Å². The van der Waals surface area contributed by atoms with Gasteiger partial charge in [-0.3, -0.25) is 9.59 Å². The zero-order valence-corrected chi connectivity index (χ0v) is 13.9. The van der Waals surface area contributed by atoms with Crippen LogP contribution in [-0.2, 0) is 9.59 Å². The Balaban J connectivity index is 1.52. The Labute approximate surface area is 134 Å². The van der Waals surface area contributed by atoms with E-state index in [0.29, 0.717) is 29.9 Å². The van der Waals surface area contributed by atoms with Gasteiger partial charge in [-0.15, -0.1) is 10.2 Å². The highest BCUT2D eigenvalue weighted by Gasteiger charge is 2.35. The molecule has 2 fully saturated rings. The largest absolute Gasteiger partial charge is 0.342 e. The number of nitrogens with one attached hydrogen (secondary N) is 1. The molecule has 0 spiro atoms. The highest BCUT2D eigenvalue weighted by molar-refractivity contribution is 7.15. The Kier molecular flexibility index (Phi) is 4.42. The zero-order valence-electron chi connectivity index (χ0n) is 13.0. The van der Waals surface area contributed by atoms with Crippen molar-refractivity contribution in [2.45, 2.75) is 45.4 Å². The molecule has 6 nitrogen and oxygen atoms in total. The van der Waals surface area contributed by atoms with Crippen LogP contribution in [0.3, 0.4) is 0 Å². The van der Waals surface area contributed by atoms with Crippen molar-refractivity contribution in [1.29, 1.82) is 0 Å². The first-order valence-corrected chi connectivity index (χ1v) is 8.76. The van der Waals surface area contributed by atoms with Crippen LogP contribution >= 0.6 is 11.3 Å². The fourth-order valence-electron chi connectivity index (χ4n) is 2.57. The van der Waals surface area contributed by atoms with Gasteiger partial charge in [0.1, 0.15) is 5.01 Å². The van der Waals surface area contributed by atoms with Gasteiger partial charge in [0.25, 0.3) is 0 Å². The minimum Gasteiger partial charge on any atom is -0.342 e. The number of anilines is 1. The second-order valence-electron chi connectivity index (χ2n) is 6.63. The molecule has 1 atom stereocenters. The third kappa shape index (κ3) is 3.63. The zero-order chi connectivity index (χ0) is 15.7. The van der Waals surface area contributed by atoms with Crippen molar-refractivity contribution < 1.29 is 9.59 Å². The minimum absolute atomic E-state index is 0.0803. The summed E-state index contributed by atoms with van der Waals surface area (Å²) in [7, 11) is 0. The molecular weight excluding hydrogens is 300 g/mol. The summed E-state index contributed by atoms with van der Waals surface area (Å²) in [4.78, 5) is 26.1. The summed E-state index contributed by atoms with van der Waals surface area (Å²) in [6.45, 7) is 5.53. The van der Waals surface area contributed by atoms with Gasteiger partial charge in [0.2, 0.25) is 16.9 Å². The Morgan fingerprint density at radius 1 is 1.41 bits per heavy atom. The third-order valence-corrected chi connectivity index (χ3v) is 5.16. The van der Waals surface area contributed by atoms with Crippen molar-refractivity contribution >= 4 is 28.3 Å². The summed E-state index contributed by atoms with van der Waals surface area (Å²) in [5, 5.41) is 12.5. The van der Waals surface area contributed by atoms with Crippen molar-refractivity contribution in [1.82, 2.24) is 15.1 Å². The summed E-state index contributed by atoms with van der Waals surface area (Å²) in [6.07, 6.45) is 3.62. The van der Waals surface area contributed by atoms with E-state index < -0.39 is 0 Å². The van der Waals surface area contributed by atoms with Crippen LogP contribution in [0.5, 0.6) is 0 Å². The van der Waals surface area contributed by atoms with Gasteiger partial charge in [-0.1, -0.05) is 25.2 Å². The fourth-order valence-corrected chi connectivity index (χ4v) is 3.48. The van der Waals surface area contributed by atoms with Crippen LogP contribution in [0, 0.1) is 11.8 Å². The number of hydrogen-bond donors (Lipinski definition) is 1. The van der Waals surface area contributed by atoms with Crippen LogP contribution in [0.25, 0.3) is 0 Å². The van der Waals surface area contributed by atoms with Crippen molar-refractivity contribution in [2.75, 3.05) is 18.4 Å². The molecule has 0 unspecified atom stereocenters. The van der Waals surface area contributed by atoms with E-state index in [1.54, 1.807) is 4.90 Å². The highest BCUT2D eigenvalue weighted by atomic mass is 32.1. The lowest BCUT2D eigenvalue weighted by Crippen LogP contribution is -2.29.